The third-order valence-corrected chi connectivity index (χ3v) is 3.67. The third-order valence-electron chi connectivity index (χ3n) is 3.14. The molecule has 4 nitrogen and oxygen atoms in total. The Morgan fingerprint density at radius 2 is 2.00 bits per heavy atom. The summed E-state index contributed by atoms with van der Waals surface area (Å²) in [6.07, 6.45) is 3.15. The molecule has 19 heavy (non-hydrogen) atoms. The van der Waals surface area contributed by atoms with Crippen LogP contribution in [-0.4, -0.2) is 9.78 Å². The predicted octanol–water partition coefficient (Wildman–Crippen LogP) is 3.36. The number of rotatable bonds is 2. The molecule has 1 atom stereocenters. The molecule has 0 amide bonds. The zero-order chi connectivity index (χ0) is 13.4. The van der Waals surface area contributed by atoms with Gasteiger partial charge in [-0.3, -0.25) is 4.79 Å². The van der Waals surface area contributed by atoms with Crippen molar-refractivity contribution in [3.63, 3.8) is 0 Å². The summed E-state index contributed by atoms with van der Waals surface area (Å²) in [6.45, 7) is 1.94. The Bertz CT molecular complexity index is 774. The lowest BCUT2D eigenvalue weighted by molar-refractivity contribution is 0.521. The number of aromatic nitrogens is 2. The smallest absolute Gasteiger partial charge is 0.310 e. The number of benzene rings is 1. The van der Waals surface area contributed by atoms with Gasteiger partial charge in [-0.1, -0.05) is 28.1 Å². The highest BCUT2D eigenvalue weighted by Crippen LogP contribution is 2.19. The Hall–Kier alpha value is -1.88. The fourth-order valence-corrected chi connectivity index (χ4v) is 2.30. The molecule has 2 heterocycles. The van der Waals surface area contributed by atoms with Crippen LogP contribution in [0.25, 0.3) is 11.0 Å². The average Bonchev–Trinajstić information content (AvgIpc) is 2.88. The summed E-state index contributed by atoms with van der Waals surface area (Å²) < 4.78 is 7.66. The largest absolute Gasteiger partial charge is 0.458 e. The Kier molecular flexibility index (Phi) is 2.98. The first kappa shape index (κ1) is 12.2. The highest BCUT2D eigenvalue weighted by atomic mass is 79.9. The van der Waals surface area contributed by atoms with E-state index in [1.807, 2.05) is 31.2 Å². The molecule has 0 bridgehead atoms. The van der Waals surface area contributed by atoms with Crippen LogP contribution >= 0.6 is 15.9 Å². The summed E-state index contributed by atoms with van der Waals surface area (Å²) in [6, 6.07) is 9.42. The summed E-state index contributed by atoms with van der Waals surface area (Å²) in [7, 11) is 0. The van der Waals surface area contributed by atoms with Gasteiger partial charge in [0.15, 0.2) is 0 Å². The molecule has 5 heteroatoms. The van der Waals surface area contributed by atoms with Crippen LogP contribution in [0.4, 0.5) is 0 Å². The van der Waals surface area contributed by atoms with Gasteiger partial charge in [-0.25, -0.2) is 4.68 Å². The van der Waals surface area contributed by atoms with Crippen LogP contribution in [0.5, 0.6) is 0 Å². The molecular formula is C14H11BrN2O2. The maximum absolute atomic E-state index is 12.3. The maximum Gasteiger partial charge on any atom is 0.310 e. The van der Waals surface area contributed by atoms with E-state index in [1.165, 1.54) is 10.9 Å². The van der Waals surface area contributed by atoms with E-state index < -0.39 is 0 Å². The maximum atomic E-state index is 12.3. The fraction of sp³-hybridized carbons (Fsp3) is 0.143. The molecular weight excluding hydrogens is 308 g/mol. The van der Waals surface area contributed by atoms with Crippen molar-refractivity contribution in [1.29, 1.82) is 0 Å². The van der Waals surface area contributed by atoms with Crippen molar-refractivity contribution in [1.82, 2.24) is 9.78 Å². The standard InChI is InChI=1S/C14H11BrN2O2/c1-9(10-2-4-12(15)5-3-10)17-14(18)13-11(8-16-17)6-7-19-13/h2-9H,1H3. The number of fused-ring (bicyclic) bond motifs is 1. The lowest BCUT2D eigenvalue weighted by Gasteiger charge is -2.13. The fourth-order valence-electron chi connectivity index (χ4n) is 2.03. The molecule has 0 spiro atoms. The molecule has 0 aliphatic rings. The number of hydrogen-bond acceptors (Lipinski definition) is 3. The molecule has 0 saturated carbocycles. The second kappa shape index (κ2) is 4.66. The summed E-state index contributed by atoms with van der Waals surface area (Å²) in [4.78, 5) is 12.3. The van der Waals surface area contributed by atoms with E-state index in [0.717, 1.165) is 15.4 Å². The molecule has 0 saturated heterocycles. The highest BCUT2D eigenvalue weighted by Gasteiger charge is 2.14. The lowest BCUT2D eigenvalue weighted by atomic mass is 10.1. The highest BCUT2D eigenvalue weighted by molar-refractivity contribution is 9.10. The number of furan rings is 1. The van der Waals surface area contributed by atoms with E-state index >= 15 is 0 Å². The van der Waals surface area contributed by atoms with Crippen LogP contribution in [0.1, 0.15) is 18.5 Å². The minimum absolute atomic E-state index is 0.143. The minimum Gasteiger partial charge on any atom is -0.458 e. The molecule has 0 N–H and O–H groups in total. The van der Waals surface area contributed by atoms with E-state index in [4.69, 9.17) is 4.42 Å². The van der Waals surface area contributed by atoms with Crippen LogP contribution in [0.2, 0.25) is 0 Å². The molecule has 0 radical (unpaired) electrons. The van der Waals surface area contributed by atoms with Crippen LogP contribution in [0, 0.1) is 0 Å². The van der Waals surface area contributed by atoms with Gasteiger partial charge in [0.25, 0.3) is 0 Å². The van der Waals surface area contributed by atoms with E-state index in [2.05, 4.69) is 21.0 Å². The first-order valence-corrected chi connectivity index (χ1v) is 6.66. The molecule has 3 rings (SSSR count). The van der Waals surface area contributed by atoms with Gasteiger partial charge in [0.1, 0.15) is 0 Å². The monoisotopic (exact) mass is 318 g/mol. The van der Waals surface area contributed by atoms with Gasteiger partial charge in [-0.2, -0.15) is 5.10 Å². The quantitative estimate of drug-likeness (QED) is 0.728. The van der Waals surface area contributed by atoms with Crippen LogP contribution in [0.3, 0.4) is 0 Å². The molecule has 0 aliphatic carbocycles. The first-order valence-electron chi connectivity index (χ1n) is 5.87. The topological polar surface area (TPSA) is 48.0 Å². The summed E-state index contributed by atoms with van der Waals surface area (Å²) in [5.41, 5.74) is 1.15. The summed E-state index contributed by atoms with van der Waals surface area (Å²) in [5.74, 6) is 0. The van der Waals surface area contributed by atoms with Crippen molar-refractivity contribution in [2.24, 2.45) is 0 Å². The lowest BCUT2D eigenvalue weighted by Crippen LogP contribution is -2.26. The van der Waals surface area contributed by atoms with Crippen molar-refractivity contribution in [2.75, 3.05) is 0 Å². The van der Waals surface area contributed by atoms with Crippen molar-refractivity contribution in [3.8, 4) is 0 Å². The normalized spacial score (nSPS) is 12.7. The van der Waals surface area contributed by atoms with Crippen molar-refractivity contribution < 1.29 is 4.42 Å². The van der Waals surface area contributed by atoms with E-state index in [-0.39, 0.29) is 11.6 Å². The Morgan fingerprint density at radius 3 is 2.74 bits per heavy atom. The molecule has 3 aromatic rings. The average molecular weight is 319 g/mol. The zero-order valence-electron chi connectivity index (χ0n) is 10.2. The van der Waals surface area contributed by atoms with Gasteiger partial charge in [-0.05, 0) is 30.7 Å². The minimum atomic E-state index is -0.210. The Morgan fingerprint density at radius 1 is 1.26 bits per heavy atom. The predicted molar refractivity (Wildman–Crippen MR) is 76.2 cm³/mol. The van der Waals surface area contributed by atoms with Gasteiger partial charge in [0.05, 0.1) is 18.5 Å². The molecule has 96 valence electrons. The third kappa shape index (κ3) is 2.10. The van der Waals surface area contributed by atoms with Crippen molar-refractivity contribution in [3.05, 3.63) is 63.2 Å². The first-order chi connectivity index (χ1) is 9.16. The van der Waals surface area contributed by atoms with Gasteiger partial charge < -0.3 is 4.42 Å². The van der Waals surface area contributed by atoms with Gasteiger partial charge in [-0.15, -0.1) is 0 Å². The number of nitrogens with zero attached hydrogens (tertiary/aromatic N) is 2. The van der Waals surface area contributed by atoms with Gasteiger partial charge in [0, 0.05) is 9.86 Å². The Balaban J connectivity index is 2.10. The summed E-state index contributed by atoms with van der Waals surface area (Å²) >= 11 is 3.39. The summed E-state index contributed by atoms with van der Waals surface area (Å²) in [5, 5.41) is 4.94. The molecule has 0 aliphatic heterocycles. The Labute approximate surface area is 117 Å². The van der Waals surface area contributed by atoms with Crippen molar-refractivity contribution in [2.45, 2.75) is 13.0 Å². The second-order valence-corrected chi connectivity index (χ2v) is 5.24. The van der Waals surface area contributed by atoms with Gasteiger partial charge in [0.2, 0.25) is 5.58 Å². The van der Waals surface area contributed by atoms with Crippen LogP contribution < -0.4 is 5.56 Å². The zero-order valence-corrected chi connectivity index (χ0v) is 11.8. The SMILES string of the molecule is CC(c1ccc(Br)cc1)n1ncc2ccoc2c1=O. The van der Waals surface area contributed by atoms with Crippen molar-refractivity contribution >= 4 is 26.9 Å². The molecule has 2 aromatic heterocycles. The molecule has 1 aromatic carbocycles. The second-order valence-electron chi connectivity index (χ2n) is 4.33. The van der Waals surface area contributed by atoms with E-state index in [9.17, 15) is 4.79 Å². The van der Waals surface area contributed by atoms with Gasteiger partial charge >= 0.3 is 5.56 Å². The van der Waals surface area contributed by atoms with Crippen LogP contribution in [-0.2, 0) is 0 Å². The van der Waals surface area contributed by atoms with E-state index in [0.29, 0.717) is 5.58 Å². The molecule has 0 fully saturated rings. The number of halogens is 1. The molecule has 1 unspecified atom stereocenters. The van der Waals surface area contributed by atoms with Crippen LogP contribution in [0.15, 0.2) is 56.5 Å². The van der Waals surface area contributed by atoms with E-state index in [1.54, 1.807) is 12.3 Å². The number of hydrogen-bond donors (Lipinski definition) is 0.